The molecule has 0 saturated carbocycles. The maximum atomic E-state index is 12.7. The van der Waals surface area contributed by atoms with Gasteiger partial charge in [0.25, 0.3) is 5.56 Å². The molecule has 0 aliphatic rings. The van der Waals surface area contributed by atoms with Gasteiger partial charge in [0.1, 0.15) is 16.6 Å². The lowest BCUT2D eigenvalue weighted by Gasteiger charge is -2.09. The van der Waals surface area contributed by atoms with Crippen LogP contribution in [0.15, 0.2) is 47.4 Å². The van der Waals surface area contributed by atoms with Gasteiger partial charge in [-0.15, -0.1) is 11.3 Å². The normalized spacial score (nSPS) is 10.7. The standard InChI is InChI=1S/C17H15ClN2O2S/c1-11-3-8-14(23-11)16-17(21)20(10-15(18)19-16)9-12-4-6-13(22-2)7-5-12/h3-8,10H,9H2,1-2H3. The summed E-state index contributed by atoms with van der Waals surface area (Å²) >= 11 is 7.64. The fourth-order valence-electron chi connectivity index (χ4n) is 2.27. The Balaban J connectivity index is 1.99. The zero-order chi connectivity index (χ0) is 16.4. The Hall–Kier alpha value is -2.11. The summed E-state index contributed by atoms with van der Waals surface area (Å²) in [6, 6.07) is 11.5. The van der Waals surface area contributed by atoms with Crippen molar-refractivity contribution in [3.63, 3.8) is 0 Å². The Morgan fingerprint density at radius 1 is 1.22 bits per heavy atom. The summed E-state index contributed by atoms with van der Waals surface area (Å²) in [6.07, 6.45) is 1.57. The van der Waals surface area contributed by atoms with Gasteiger partial charge in [0.05, 0.1) is 18.5 Å². The second-order valence-corrected chi connectivity index (χ2v) is 6.78. The fourth-order valence-corrected chi connectivity index (χ4v) is 3.33. The molecule has 118 valence electrons. The van der Waals surface area contributed by atoms with Gasteiger partial charge in [-0.2, -0.15) is 0 Å². The minimum Gasteiger partial charge on any atom is -0.497 e. The summed E-state index contributed by atoms with van der Waals surface area (Å²) in [7, 11) is 1.62. The van der Waals surface area contributed by atoms with E-state index in [0.29, 0.717) is 17.4 Å². The molecule has 0 atom stereocenters. The number of hydrogen-bond acceptors (Lipinski definition) is 4. The predicted octanol–water partition coefficient (Wildman–Crippen LogP) is 3.99. The largest absolute Gasteiger partial charge is 0.497 e. The quantitative estimate of drug-likeness (QED) is 0.717. The Bertz CT molecular complexity index is 884. The van der Waals surface area contributed by atoms with Crippen LogP contribution in [0.5, 0.6) is 5.75 Å². The SMILES string of the molecule is COc1ccc(Cn2cc(Cl)nc(-c3ccc(C)s3)c2=O)cc1. The molecule has 3 aromatic rings. The summed E-state index contributed by atoms with van der Waals surface area (Å²) in [6.45, 7) is 2.43. The third-order valence-corrected chi connectivity index (χ3v) is 4.62. The first kappa shape index (κ1) is 15.8. The number of methoxy groups -OCH3 is 1. The van der Waals surface area contributed by atoms with E-state index < -0.39 is 0 Å². The Labute approximate surface area is 143 Å². The first-order valence-electron chi connectivity index (χ1n) is 7.03. The Kier molecular flexibility index (Phi) is 4.50. The molecule has 2 heterocycles. The molecule has 0 bridgehead atoms. The number of aryl methyl sites for hydroxylation is 1. The van der Waals surface area contributed by atoms with Crippen LogP contribution in [0, 0.1) is 6.92 Å². The van der Waals surface area contributed by atoms with Crippen LogP contribution in [0.1, 0.15) is 10.4 Å². The van der Waals surface area contributed by atoms with Crippen LogP contribution in [0.4, 0.5) is 0 Å². The van der Waals surface area contributed by atoms with Gasteiger partial charge in [0, 0.05) is 11.1 Å². The number of ether oxygens (including phenoxy) is 1. The van der Waals surface area contributed by atoms with Gasteiger partial charge in [0.2, 0.25) is 0 Å². The van der Waals surface area contributed by atoms with Crippen molar-refractivity contribution in [2.24, 2.45) is 0 Å². The van der Waals surface area contributed by atoms with E-state index in [1.165, 1.54) is 11.3 Å². The van der Waals surface area contributed by atoms with Crippen LogP contribution in [0.2, 0.25) is 5.15 Å². The second kappa shape index (κ2) is 6.56. The zero-order valence-electron chi connectivity index (χ0n) is 12.7. The first-order chi connectivity index (χ1) is 11.1. The monoisotopic (exact) mass is 346 g/mol. The van der Waals surface area contributed by atoms with Crippen LogP contribution in [-0.4, -0.2) is 16.7 Å². The smallest absolute Gasteiger partial charge is 0.278 e. The first-order valence-corrected chi connectivity index (χ1v) is 8.23. The van der Waals surface area contributed by atoms with E-state index >= 15 is 0 Å². The van der Waals surface area contributed by atoms with E-state index in [0.717, 1.165) is 21.1 Å². The number of halogens is 1. The van der Waals surface area contributed by atoms with Crippen molar-refractivity contribution in [1.82, 2.24) is 9.55 Å². The predicted molar refractivity (Wildman–Crippen MR) is 93.7 cm³/mol. The van der Waals surface area contributed by atoms with Crippen molar-refractivity contribution in [1.29, 1.82) is 0 Å². The topological polar surface area (TPSA) is 44.1 Å². The van der Waals surface area contributed by atoms with Crippen LogP contribution in [-0.2, 0) is 6.54 Å². The summed E-state index contributed by atoms with van der Waals surface area (Å²) in [5.74, 6) is 0.781. The van der Waals surface area contributed by atoms with Gasteiger partial charge < -0.3 is 9.30 Å². The highest BCUT2D eigenvalue weighted by Gasteiger charge is 2.12. The lowest BCUT2D eigenvalue weighted by Crippen LogP contribution is -2.23. The highest BCUT2D eigenvalue weighted by molar-refractivity contribution is 7.15. The molecule has 1 aromatic carbocycles. The summed E-state index contributed by atoms with van der Waals surface area (Å²) < 4.78 is 6.73. The van der Waals surface area contributed by atoms with Gasteiger partial charge in [-0.05, 0) is 36.8 Å². The number of nitrogens with zero attached hydrogens (tertiary/aromatic N) is 2. The Morgan fingerprint density at radius 2 is 1.96 bits per heavy atom. The molecule has 0 saturated heterocycles. The molecular formula is C17H15ClN2O2S. The number of hydrogen-bond donors (Lipinski definition) is 0. The lowest BCUT2D eigenvalue weighted by atomic mass is 10.2. The van der Waals surface area contributed by atoms with Gasteiger partial charge in [-0.1, -0.05) is 23.7 Å². The summed E-state index contributed by atoms with van der Waals surface area (Å²) in [5.41, 5.74) is 1.24. The molecule has 6 heteroatoms. The van der Waals surface area contributed by atoms with Crippen LogP contribution < -0.4 is 10.3 Å². The maximum Gasteiger partial charge on any atom is 0.278 e. The molecule has 0 spiro atoms. The van der Waals surface area contributed by atoms with Gasteiger partial charge in [-0.3, -0.25) is 4.79 Å². The van der Waals surface area contributed by atoms with Crippen molar-refractivity contribution in [3.05, 3.63) is 68.5 Å². The summed E-state index contributed by atoms with van der Waals surface area (Å²) in [5, 5.41) is 0.305. The van der Waals surface area contributed by atoms with E-state index in [1.54, 1.807) is 17.9 Å². The molecule has 4 nitrogen and oxygen atoms in total. The van der Waals surface area contributed by atoms with Gasteiger partial charge >= 0.3 is 0 Å². The highest BCUT2D eigenvalue weighted by atomic mass is 35.5. The average Bonchev–Trinajstić information content (AvgIpc) is 2.97. The molecule has 23 heavy (non-hydrogen) atoms. The average molecular weight is 347 g/mol. The molecule has 0 aliphatic carbocycles. The van der Waals surface area contributed by atoms with E-state index in [2.05, 4.69) is 4.98 Å². The minimum absolute atomic E-state index is 0.146. The van der Waals surface area contributed by atoms with Crippen LogP contribution in [0.25, 0.3) is 10.6 Å². The van der Waals surface area contributed by atoms with Crippen molar-refractivity contribution >= 4 is 22.9 Å². The molecule has 0 aliphatic heterocycles. The molecule has 0 radical (unpaired) electrons. The number of thiophene rings is 1. The van der Waals surface area contributed by atoms with Crippen molar-refractivity contribution in [2.75, 3.05) is 7.11 Å². The molecule has 0 fully saturated rings. The van der Waals surface area contributed by atoms with Crippen molar-refractivity contribution in [3.8, 4) is 16.3 Å². The van der Waals surface area contributed by atoms with Gasteiger partial charge in [-0.25, -0.2) is 4.98 Å². The molecule has 3 rings (SSSR count). The van der Waals surface area contributed by atoms with Crippen molar-refractivity contribution in [2.45, 2.75) is 13.5 Å². The number of benzene rings is 1. The number of rotatable bonds is 4. The van der Waals surface area contributed by atoms with E-state index in [4.69, 9.17) is 16.3 Å². The molecule has 2 aromatic heterocycles. The van der Waals surface area contributed by atoms with E-state index in [1.807, 2.05) is 43.3 Å². The zero-order valence-corrected chi connectivity index (χ0v) is 14.3. The molecular weight excluding hydrogens is 332 g/mol. The maximum absolute atomic E-state index is 12.7. The lowest BCUT2D eigenvalue weighted by molar-refractivity contribution is 0.414. The highest BCUT2D eigenvalue weighted by Crippen LogP contribution is 2.24. The van der Waals surface area contributed by atoms with E-state index in [9.17, 15) is 4.79 Å². The molecule has 0 amide bonds. The third kappa shape index (κ3) is 3.46. The molecule has 0 unspecified atom stereocenters. The van der Waals surface area contributed by atoms with Crippen molar-refractivity contribution < 1.29 is 4.74 Å². The van der Waals surface area contributed by atoms with Gasteiger partial charge in [0.15, 0.2) is 0 Å². The van der Waals surface area contributed by atoms with Crippen LogP contribution in [0.3, 0.4) is 0 Å². The third-order valence-electron chi connectivity index (χ3n) is 3.43. The molecule has 0 N–H and O–H groups in total. The fraction of sp³-hybridized carbons (Fsp3) is 0.176. The minimum atomic E-state index is -0.146. The Morgan fingerprint density at radius 3 is 2.57 bits per heavy atom. The number of aromatic nitrogens is 2. The second-order valence-electron chi connectivity index (χ2n) is 5.10. The summed E-state index contributed by atoms with van der Waals surface area (Å²) in [4.78, 5) is 18.9. The van der Waals surface area contributed by atoms with Crippen LogP contribution >= 0.6 is 22.9 Å². The van der Waals surface area contributed by atoms with E-state index in [-0.39, 0.29) is 5.56 Å².